The van der Waals surface area contributed by atoms with E-state index in [0.29, 0.717) is 16.9 Å². The molecule has 152 valence electrons. The summed E-state index contributed by atoms with van der Waals surface area (Å²) in [5.74, 6) is 0.164. The minimum atomic E-state index is -3.71. The van der Waals surface area contributed by atoms with Gasteiger partial charge in [0.15, 0.2) is 0 Å². The van der Waals surface area contributed by atoms with Crippen molar-refractivity contribution in [3.05, 3.63) is 59.7 Å². The summed E-state index contributed by atoms with van der Waals surface area (Å²) in [7, 11) is -3.71. The Labute approximate surface area is 167 Å². The summed E-state index contributed by atoms with van der Waals surface area (Å²) in [6.45, 7) is 9.19. The number of carbonyl (C=O) groups is 1. The van der Waals surface area contributed by atoms with Crippen molar-refractivity contribution >= 4 is 15.9 Å². The van der Waals surface area contributed by atoms with Gasteiger partial charge in [0, 0.05) is 12.1 Å². The molecule has 2 aromatic carbocycles. The maximum Gasteiger partial charge on any atom is 0.255 e. The van der Waals surface area contributed by atoms with E-state index in [9.17, 15) is 13.2 Å². The number of hydrogen-bond donors (Lipinski definition) is 2. The van der Waals surface area contributed by atoms with Crippen LogP contribution in [-0.2, 0) is 16.6 Å². The van der Waals surface area contributed by atoms with Gasteiger partial charge in [0.2, 0.25) is 10.0 Å². The average molecular weight is 405 g/mol. The molecule has 2 aromatic rings. The number of nitrogens with one attached hydrogen (secondary N) is 2. The molecule has 7 heteroatoms. The average Bonchev–Trinajstić information content (AvgIpc) is 2.58. The Hall–Kier alpha value is -2.38. The SMILES string of the molecule is CC(C)Oc1ccccc1C(=O)NCc1ccccc1S(=O)(=O)NC(C)(C)C. The molecule has 0 fully saturated rings. The van der Waals surface area contributed by atoms with Crippen LogP contribution in [0, 0.1) is 0 Å². The maximum absolute atomic E-state index is 12.7. The number of benzene rings is 2. The minimum Gasteiger partial charge on any atom is -0.490 e. The fourth-order valence-electron chi connectivity index (χ4n) is 2.65. The van der Waals surface area contributed by atoms with Gasteiger partial charge in [-0.15, -0.1) is 0 Å². The number of rotatable bonds is 7. The standard InChI is InChI=1S/C21H28N2O4S/c1-15(2)27-18-12-8-7-11-17(18)20(24)22-14-16-10-6-9-13-19(16)28(25,26)23-21(3,4)5/h6-13,15,23H,14H2,1-5H3,(H,22,24). The molecule has 0 heterocycles. The van der Waals surface area contributed by atoms with Crippen LogP contribution in [-0.4, -0.2) is 26.0 Å². The number of carbonyl (C=O) groups excluding carboxylic acids is 1. The molecular weight excluding hydrogens is 376 g/mol. The molecule has 0 saturated carbocycles. The normalized spacial score (nSPS) is 12.1. The molecule has 0 unspecified atom stereocenters. The number of amides is 1. The zero-order valence-electron chi connectivity index (χ0n) is 16.9. The summed E-state index contributed by atoms with van der Waals surface area (Å²) in [5.41, 5.74) is 0.307. The highest BCUT2D eigenvalue weighted by atomic mass is 32.2. The molecule has 0 aliphatic carbocycles. The molecule has 28 heavy (non-hydrogen) atoms. The lowest BCUT2D eigenvalue weighted by Gasteiger charge is -2.21. The van der Waals surface area contributed by atoms with Gasteiger partial charge in [-0.25, -0.2) is 13.1 Å². The fourth-order valence-corrected chi connectivity index (χ4v) is 4.31. The molecule has 2 rings (SSSR count). The molecule has 6 nitrogen and oxygen atoms in total. The van der Waals surface area contributed by atoms with E-state index in [1.807, 2.05) is 13.8 Å². The van der Waals surface area contributed by atoms with Gasteiger partial charge < -0.3 is 10.1 Å². The number of sulfonamides is 1. The first-order chi connectivity index (χ1) is 13.0. The van der Waals surface area contributed by atoms with Crippen molar-refractivity contribution in [3.8, 4) is 5.75 Å². The van der Waals surface area contributed by atoms with E-state index in [2.05, 4.69) is 10.0 Å². The first kappa shape index (κ1) is 21.9. The van der Waals surface area contributed by atoms with Gasteiger partial charge in [0.25, 0.3) is 5.91 Å². The smallest absolute Gasteiger partial charge is 0.255 e. The Morgan fingerprint density at radius 2 is 1.64 bits per heavy atom. The van der Waals surface area contributed by atoms with Crippen LogP contribution in [0.1, 0.15) is 50.5 Å². The van der Waals surface area contributed by atoms with Crippen molar-refractivity contribution in [1.82, 2.24) is 10.0 Å². The van der Waals surface area contributed by atoms with Crippen molar-refractivity contribution in [2.75, 3.05) is 0 Å². The van der Waals surface area contributed by atoms with E-state index in [-0.39, 0.29) is 23.5 Å². The quantitative estimate of drug-likeness (QED) is 0.740. The van der Waals surface area contributed by atoms with Crippen molar-refractivity contribution < 1.29 is 17.9 Å². The molecule has 0 aliphatic heterocycles. The second-order valence-electron chi connectivity index (χ2n) is 7.81. The molecule has 0 aliphatic rings. The van der Waals surface area contributed by atoms with E-state index in [4.69, 9.17) is 4.74 Å². The van der Waals surface area contributed by atoms with Crippen LogP contribution in [0.15, 0.2) is 53.4 Å². The molecule has 0 atom stereocenters. The lowest BCUT2D eigenvalue weighted by molar-refractivity contribution is 0.0944. The zero-order valence-corrected chi connectivity index (χ0v) is 17.8. The molecule has 0 bridgehead atoms. The topological polar surface area (TPSA) is 84.5 Å². The third-order valence-corrected chi connectivity index (χ3v) is 5.49. The third kappa shape index (κ3) is 6.07. The van der Waals surface area contributed by atoms with Crippen LogP contribution in [0.25, 0.3) is 0 Å². The van der Waals surface area contributed by atoms with E-state index >= 15 is 0 Å². The van der Waals surface area contributed by atoms with Gasteiger partial charge in [-0.3, -0.25) is 4.79 Å². The summed E-state index contributed by atoms with van der Waals surface area (Å²) in [6, 6.07) is 13.6. The summed E-state index contributed by atoms with van der Waals surface area (Å²) in [5, 5.41) is 2.79. The van der Waals surface area contributed by atoms with Gasteiger partial charge in [0.05, 0.1) is 16.6 Å². The largest absolute Gasteiger partial charge is 0.490 e. The molecule has 0 spiro atoms. The van der Waals surface area contributed by atoms with E-state index < -0.39 is 15.6 Å². The predicted molar refractivity (Wildman–Crippen MR) is 110 cm³/mol. The highest BCUT2D eigenvalue weighted by Crippen LogP contribution is 2.21. The Balaban J connectivity index is 2.22. The van der Waals surface area contributed by atoms with Crippen LogP contribution < -0.4 is 14.8 Å². The van der Waals surface area contributed by atoms with Gasteiger partial charge in [-0.1, -0.05) is 30.3 Å². The Morgan fingerprint density at radius 3 is 2.29 bits per heavy atom. The summed E-state index contributed by atoms with van der Waals surface area (Å²) < 4.78 is 33.8. The lowest BCUT2D eigenvalue weighted by atomic mass is 10.1. The summed E-state index contributed by atoms with van der Waals surface area (Å²) >= 11 is 0. The van der Waals surface area contributed by atoms with Gasteiger partial charge in [0.1, 0.15) is 5.75 Å². The zero-order chi connectivity index (χ0) is 20.9. The number of ether oxygens (including phenoxy) is 1. The molecule has 0 saturated heterocycles. The van der Waals surface area contributed by atoms with Crippen LogP contribution in [0.3, 0.4) is 0 Å². The number of hydrogen-bond acceptors (Lipinski definition) is 4. The Morgan fingerprint density at radius 1 is 1.04 bits per heavy atom. The third-order valence-electron chi connectivity index (χ3n) is 3.64. The molecule has 2 N–H and O–H groups in total. The van der Waals surface area contributed by atoms with E-state index in [0.717, 1.165) is 0 Å². The lowest BCUT2D eigenvalue weighted by Crippen LogP contribution is -2.41. The van der Waals surface area contributed by atoms with E-state index in [1.54, 1.807) is 63.2 Å². The van der Waals surface area contributed by atoms with Crippen molar-refractivity contribution in [2.24, 2.45) is 0 Å². The molecule has 0 aromatic heterocycles. The highest BCUT2D eigenvalue weighted by molar-refractivity contribution is 7.89. The second-order valence-corrected chi connectivity index (χ2v) is 9.46. The van der Waals surface area contributed by atoms with Gasteiger partial charge in [-0.2, -0.15) is 0 Å². The Kier molecular flexibility index (Phi) is 6.85. The van der Waals surface area contributed by atoms with Crippen LogP contribution in [0.2, 0.25) is 0 Å². The molecule has 0 radical (unpaired) electrons. The predicted octanol–water partition coefficient (Wildman–Crippen LogP) is 3.48. The Bertz CT molecular complexity index is 931. The highest BCUT2D eigenvalue weighted by Gasteiger charge is 2.24. The minimum absolute atomic E-state index is 0.0664. The second kappa shape index (κ2) is 8.75. The first-order valence-electron chi connectivity index (χ1n) is 9.15. The van der Waals surface area contributed by atoms with Crippen LogP contribution in [0.4, 0.5) is 0 Å². The first-order valence-corrected chi connectivity index (χ1v) is 10.6. The summed E-state index contributed by atoms with van der Waals surface area (Å²) in [6.07, 6.45) is -0.0664. The van der Waals surface area contributed by atoms with Crippen LogP contribution >= 0.6 is 0 Å². The summed E-state index contributed by atoms with van der Waals surface area (Å²) in [4.78, 5) is 12.8. The number of para-hydroxylation sites is 1. The van der Waals surface area contributed by atoms with Gasteiger partial charge >= 0.3 is 0 Å². The fraction of sp³-hybridized carbons (Fsp3) is 0.381. The van der Waals surface area contributed by atoms with Crippen molar-refractivity contribution in [1.29, 1.82) is 0 Å². The molecular formula is C21H28N2O4S. The van der Waals surface area contributed by atoms with Crippen molar-refractivity contribution in [2.45, 2.75) is 57.7 Å². The maximum atomic E-state index is 12.7. The van der Waals surface area contributed by atoms with E-state index in [1.165, 1.54) is 6.07 Å². The van der Waals surface area contributed by atoms with Crippen LogP contribution in [0.5, 0.6) is 5.75 Å². The monoisotopic (exact) mass is 404 g/mol. The van der Waals surface area contributed by atoms with Gasteiger partial charge in [-0.05, 0) is 58.4 Å². The molecule has 1 amide bonds. The van der Waals surface area contributed by atoms with Crippen molar-refractivity contribution in [3.63, 3.8) is 0 Å².